The maximum Gasteiger partial charge on any atom is 0.0460 e. The number of benzene rings is 1. The van der Waals surface area contributed by atoms with Crippen LogP contribution in [0.4, 0.5) is 0 Å². The van der Waals surface area contributed by atoms with E-state index in [9.17, 15) is 0 Å². The summed E-state index contributed by atoms with van der Waals surface area (Å²) < 4.78 is 0. The Morgan fingerprint density at radius 3 is 3.23 bits per heavy atom. The SMILES string of the molecule is NC1CCc2c[nH]c3cccc1c23. The van der Waals surface area contributed by atoms with Crippen molar-refractivity contribution in [3.8, 4) is 0 Å². The van der Waals surface area contributed by atoms with Crippen LogP contribution in [0.25, 0.3) is 10.9 Å². The molecule has 0 bridgehead atoms. The molecular weight excluding hydrogens is 160 g/mol. The van der Waals surface area contributed by atoms with Crippen molar-refractivity contribution in [2.24, 2.45) is 5.73 Å². The third-order valence-corrected chi connectivity index (χ3v) is 2.94. The molecule has 1 atom stereocenters. The summed E-state index contributed by atoms with van der Waals surface area (Å²) in [6, 6.07) is 6.56. The number of rotatable bonds is 0. The molecule has 0 fully saturated rings. The zero-order valence-electron chi connectivity index (χ0n) is 7.38. The number of hydrogen-bond acceptors (Lipinski definition) is 1. The third-order valence-electron chi connectivity index (χ3n) is 2.94. The predicted octanol–water partition coefficient (Wildman–Crippen LogP) is 2.11. The van der Waals surface area contributed by atoms with E-state index in [0.29, 0.717) is 0 Å². The largest absolute Gasteiger partial charge is 0.361 e. The van der Waals surface area contributed by atoms with Gasteiger partial charge in [-0.1, -0.05) is 12.1 Å². The van der Waals surface area contributed by atoms with Crippen molar-refractivity contribution in [2.75, 3.05) is 0 Å². The van der Waals surface area contributed by atoms with E-state index in [1.54, 1.807) is 0 Å². The summed E-state index contributed by atoms with van der Waals surface area (Å²) in [5.74, 6) is 0. The van der Waals surface area contributed by atoms with E-state index in [1.807, 2.05) is 0 Å². The fourth-order valence-electron chi connectivity index (χ4n) is 2.26. The van der Waals surface area contributed by atoms with Gasteiger partial charge in [0.1, 0.15) is 0 Å². The molecule has 66 valence electrons. The molecule has 0 spiro atoms. The van der Waals surface area contributed by atoms with Gasteiger partial charge in [-0.25, -0.2) is 0 Å². The second-order valence-corrected chi connectivity index (χ2v) is 3.73. The van der Waals surface area contributed by atoms with Crippen LogP contribution in [0.2, 0.25) is 0 Å². The van der Waals surface area contributed by atoms with Crippen LogP contribution >= 0.6 is 0 Å². The van der Waals surface area contributed by atoms with Crippen molar-refractivity contribution in [3.63, 3.8) is 0 Å². The second-order valence-electron chi connectivity index (χ2n) is 3.73. The summed E-state index contributed by atoms with van der Waals surface area (Å²) in [5, 5.41) is 1.36. The molecule has 0 amide bonds. The molecule has 3 N–H and O–H groups in total. The monoisotopic (exact) mass is 172 g/mol. The van der Waals surface area contributed by atoms with Crippen molar-refractivity contribution in [2.45, 2.75) is 18.9 Å². The Hall–Kier alpha value is -1.28. The van der Waals surface area contributed by atoms with E-state index in [2.05, 4.69) is 29.4 Å². The van der Waals surface area contributed by atoms with Crippen LogP contribution in [0.3, 0.4) is 0 Å². The maximum atomic E-state index is 6.05. The van der Waals surface area contributed by atoms with Crippen LogP contribution in [0.15, 0.2) is 24.4 Å². The lowest BCUT2D eigenvalue weighted by Crippen LogP contribution is -2.15. The molecule has 0 aliphatic heterocycles. The normalized spacial score (nSPS) is 20.8. The molecule has 0 radical (unpaired) electrons. The topological polar surface area (TPSA) is 41.8 Å². The maximum absolute atomic E-state index is 6.05. The Bertz CT molecular complexity index is 456. The van der Waals surface area contributed by atoms with Crippen molar-refractivity contribution in [1.29, 1.82) is 0 Å². The van der Waals surface area contributed by atoms with Gasteiger partial charge in [-0.15, -0.1) is 0 Å². The first-order chi connectivity index (χ1) is 6.36. The smallest absolute Gasteiger partial charge is 0.0460 e. The number of aryl methyl sites for hydroxylation is 1. The van der Waals surface area contributed by atoms with E-state index >= 15 is 0 Å². The second kappa shape index (κ2) is 2.36. The fourth-order valence-corrected chi connectivity index (χ4v) is 2.26. The molecule has 13 heavy (non-hydrogen) atoms. The van der Waals surface area contributed by atoms with Gasteiger partial charge in [0.05, 0.1) is 0 Å². The molecule has 1 aliphatic carbocycles. The number of H-pyrrole nitrogens is 1. The van der Waals surface area contributed by atoms with Gasteiger partial charge in [0.2, 0.25) is 0 Å². The first-order valence-corrected chi connectivity index (χ1v) is 4.71. The summed E-state index contributed by atoms with van der Waals surface area (Å²) in [6.45, 7) is 0. The minimum atomic E-state index is 0.229. The highest BCUT2D eigenvalue weighted by Crippen LogP contribution is 2.33. The Balaban J connectivity index is 2.45. The van der Waals surface area contributed by atoms with Crippen LogP contribution in [0.1, 0.15) is 23.6 Å². The van der Waals surface area contributed by atoms with Crippen LogP contribution < -0.4 is 5.73 Å². The number of nitrogens with one attached hydrogen (secondary N) is 1. The molecule has 0 saturated carbocycles. The lowest BCUT2D eigenvalue weighted by atomic mass is 9.89. The highest BCUT2D eigenvalue weighted by Gasteiger charge is 2.18. The Labute approximate surface area is 76.8 Å². The lowest BCUT2D eigenvalue weighted by Gasteiger charge is -2.18. The molecule has 1 unspecified atom stereocenters. The number of hydrogen-bond donors (Lipinski definition) is 2. The Morgan fingerprint density at radius 1 is 1.38 bits per heavy atom. The van der Waals surface area contributed by atoms with Crippen LogP contribution in [-0.4, -0.2) is 4.98 Å². The van der Waals surface area contributed by atoms with Crippen LogP contribution in [0.5, 0.6) is 0 Å². The van der Waals surface area contributed by atoms with Gasteiger partial charge in [-0.3, -0.25) is 0 Å². The molecule has 3 rings (SSSR count). The number of aromatic amines is 1. The van der Waals surface area contributed by atoms with Gasteiger partial charge in [0, 0.05) is 23.1 Å². The van der Waals surface area contributed by atoms with Gasteiger partial charge in [0.25, 0.3) is 0 Å². The van der Waals surface area contributed by atoms with Gasteiger partial charge < -0.3 is 10.7 Å². The van der Waals surface area contributed by atoms with Crippen molar-refractivity contribution >= 4 is 10.9 Å². The average Bonchev–Trinajstić information content (AvgIpc) is 2.57. The third kappa shape index (κ3) is 0.864. The molecule has 1 aliphatic rings. The molecule has 1 heterocycles. The minimum absolute atomic E-state index is 0.229. The zero-order valence-corrected chi connectivity index (χ0v) is 7.38. The highest BCUT2D eigenvalue weighted by atomic mass is 14.7. The van der Waals surface area contributed by atoms with Crippen molar-refractivity contribution in [3.05, 3.63) is 35.5 Å². The summed E-state index contributed by atoms with van der Waals surface area (Å²) in [5.41, 5.74) is 10.0. The number of aromatic nitrogens is 1. The van der Waals surface area contributed by atoms with Crippen molar-refractivity contribution < 1.29 is 0 Å². The fraction of sp³-hybridized carbons (Fsp3) is 0.273. The van der Waals surface area contributed by atoms with Crippen LogP contribution in [-0.2, 0) is 6.42 Å². The Morgan fingerprint density at radius 2 is 2.31 bits per heavy atom. The Kier molecular flexibility index (Phi) is 1.30. The van der Waals surface area contributed by atoms with Crippen LogP contribution in [0, 0.1) is 0 Å². The molecule has 1 aromatic heterocycles. The molecule has 0 saturated heterocycles. The molecule has 1 aromatic carbocycles. The first kappa shape index (κ1) is 7.15. The van der Waals surface area contributed by atoms with E-state index in [1.165, 1.54) is 22.0 Å². The lowest BCUT2D eigenvalue weighted by molar-refractivity contribution is 0.643. The molecular formula is C11H12N2. The van der Waals surface area contributed by atoms with Gasteiger partial charge in [-0.05, 0) is 30.0 Å². The van der Waals surface area contributed by atoms with E-state index < -0.39 is 0 Å². The predicted molar refractivity (Wildman–Crippen MR) is 53.5 cm³/mol. The minimum Gasteiger partial charge on any atom is -0.361 e. The molecule has 2 heteroatoms. The average molecular weight is 172 g/mol. The summed E-state index contributed by atoms with van der Waals surface area (Å²) >= 11 is 0. The standard InChI is InChI=1S/C11H12N2/c12-9-5-4-7-6-13-10-3-1-2-8(9)11(7)10/h1-3,6,9,13H,4-5,12H2. The molecule has 2 aromatic rings. The van der Waals surface area contributed by atoms with Crippen molar-refractivity contribution in [1.82, 2.24) is 4.98 Å². The summed E-state index contributed by atoms with van der Waals surface area (Å²) in [6.07, 6.45) is 4.29. The van der Waals surface area contributed by atoms with Gasteiger partial charge >= 0.3 is 0 Å². The highest BCUT2D eigenvalue weighted by molar-refractivity contribution is 5.87. The molecule has 2 nitrogen and oxygen atoms in total. The quantitative estimate of drug-likeness (QED) is 0.628. The van der Waals surface area contributed by atoms with Gasteiger partial charge in [-0.2, -0.15) is 0 Å². The summed E-state index contributed by atoms with van der Waals surface area (Å²) in [4.78, 5) is 3.28. The van der Waals surface area contributed by atoms with E-state index in [0.717, 1.165) is 12.8 Å². The first-order valence-electron chi connectivity index (χ1n) is 4.71. The van der Waals surface area contributed by atoms with Gasteiger partial charge in [0.15, 0.2) is 0 Å². The zero-order chi connectivity index (χ0) is 8.84. The summed E-state index contributed by atoms with van der Waals surface area (Å²) in [7, 11) is 0. The van der Waals surface area contributed by atoms with E-state index in [-0.39, 0.29) is 6.04 Å². The van der Waals surface area contributed by atoms with E-state index in [4.69, 9.17) is 5.73 Å². The number of nitrogens with two attached hydrogens (primary N) is 1.